The molecule has 1 amide bonds. The van der Waals surface area contributed by atoms with Gasteiger partial charge in [-0.25, -0.2) is 4.79 Å². The second-order valence-electron chi connectivity index (χ2n) is 3.65. The van der Waals surface area contributed by atoms with E-state index in [0.717, 1.165) is 5.56 Å². The molecule has 1 N–H and O–H groups in total. The minimum Gasteiger partial charge on any atom is -0.465 e. The predicted octanol–water partition coefficient (Wildman–Crippen LogP) is 2.32. The van der Waals surface area contributed by atoms with Crippen molar-refractivity contribution in [1.29, 1.82) is 0 Å². The first kappa shape index (κ1) is 13.5. The number of benzene rings is 1. The van der Waals surface area contributed by atoms with Crippen LogP contribution in [0.1, 0.15) is 35.8 Å². The molecule has 0 fully saturated rings. The SMILES string of the molecule is COC(=O)c1ccc([C@@H](C)NC(C)=O)c(Cl)c1. The zero-order valence-electron chi connectivity index (χ0n) is 9.91. The molecule has 0 spiro atoms. The minimum absolute atomic E-state index is 0.134. The van der Waals surface area contributed by atoms with Crippen LogP contribution in [0.4, 0.5) is 0 Å². The van der Waals surface area contributed by atoms with E-state index in [9.17, 15) is 9.59 Å². The van der Waals surface area contributed by atoms with Crippen molar-refractivity contribution in [2.45, 2.75) is 19.9 Å². The molecule has 1 atom stereocenters. The first-order chi connectivity index (χ1) is 7.95. The molecule has 0 bridgehead atoms. The van der Waals surface area contributed by atoms with Gasteiger partial charge in [0.15, 0.2) is 0 Å². The molecule has 0 aliphatic rings. The normalized spacial score (nSPS) is 11.8. The topological polar surface area (TPSA) is 55.4 Å². The fraction of sp³-hybridized carbons (Fsp3) is 0.333. The van der Waals surface area contributed by atoms with E-state index < -0.39 is 5.97 Å². The van der Waals surface area contributed by atoms with Crippen molar-refractivity contribution in [2.75, 3.05) is 7.11 Å². The van der Waals surface area contributed by atoms with Gasteiger partial charge in [0.05, 0.1) is 18.7 Å². The smallest absolute Gasteiger partial charge is 0.337 e. The van der Waals surface area contributed by atoms with Crippen molar-refractivity contribution >= 4 is 23.5 Å². The highest BCUT2D eigenvalue weighted by molar-refractivity contribution is 6.31. The van der Waals surface area contributed by atoms with Gasteiger partial charge in [-0.2, -0.15) is 0 Å². The van der Waals surface area contributed by atoms with Crippen LogP contribution >= 0.6 is 11.6 Å². The van der Waals surface area contributed by atoms with Crippen molar-refractivity contribution in [3.63, 3.8) is 0 Å². The highest BCUT2D eigenvalue weighted by Gasteiger charge is 2.13. The summed E-state index contributed by atoms with van der Waals surface area (Å²) in [5.74, 6) is -0.573. The fourth-order valence-corrected chi connectivity index (χ4v) is 1.85. The van der Waals surface area contributed by atoms with Gasteiger partial charge >= 0.3 is 5.97 Å². The van der Waals surface area contributed by atoms with Crippen LogP contribution in [0.5, 0.6) is 0 Å². The molecule has 0 saturated heterocycles. The zero-order valence-corrected chi connectivity index (χ0v) is 10.7. The molecule has 0 unspecified atom stereocenters. The third kappa shape index (κ3) is 3.46. The van der Waals surface area contributed by atoms with Gasteiger partial charge in [0, 0.05) is 11.9 Å². The number of rotatable bonds is 3. The summed E-state index contributed by atoms with van der Waals surface area (Å²) in [6.45, 7) is 3.26. The Morgan fingerprint density at radius 1 is 1.41 bits per heavy atom. The number of hydrogen-bond acceptors (Lipinski definition) is 3. The Morgan fingerprint density at radius 3 is 2.53 bits per heavy atom. The fourth-order valence-electron chi connectivity index (χ4n) is 1.51. The number of carbonyl (C=O) groups excluding carboxylic acids is 2. The Labute approximate surface area is 105 Å². The molecule has 1 rings (SSSR count). The first-order valence-electron chi connectivity index (χ1n) is 5.10. The number of ether oxygens (including phenoxy) is 1. The van der Waals surface area contributed by atoms with Crippen LogP contribution in [0.15, 0.2) is 18.2 Å². The first-order valence-corrected chi connectivity index (χ1v) is 5.48. The molecular formula is C12H14ClNO3. The molecule has 0 radical (unpaired) electrons. The summed E-state index contributed by atoms with van der Waals surface area (Å²) in [6, 6.07) is 4.65. The van der Waals surface area contributed by atoms with Gasteiger partial charge in [0.25, 0.3) is 0 Å². The molecule has 1 aromatic rings. The summed E-state index contributed by atoms with van der Waals surface area (Å²) in [5, 5.41) is 3.15. The van der Waals surface area contributed by atoms with Gasteiger partial charge in [-0.1, -0.05) is 17.7 Å². The molecule has 5 heteroatoms. The van der Waals surface area contributed by atoms with Gasteiger partial charge < -0.3 is 10.1 Å². The summed E-state index contributed by atoms with van der Waals surface area (Å²) in [5.41, 5.74) is 1.14. The van der Waals surface area contributed by atoms with E-state index in [1.54, 1.807) is 12.1 Å². The van der Waals surface area contributed by atoms with E-state index in [-0.39, 0.29) is 11.9 Å². The molecule has 0 aromatic heterocycles. The molecule has 1 aromatic carbocycles. The maximum atomic E-state index is 11.3. The second-order valence-corrected chi connectivity index (χ2v) is 4.06. The summed E-state index contributed by atoms with van der Waals surface area (Å²) in [6.07, 6.45) is 0. The van der Waals surface area contributed by atoms with Crippen LogP contribution in [0.2, 0.25) is 5.02 Å². The summed E-state index contributed by atoms with van der Waals surface area (Å²) in [7, 11) is 1.31. The van der Waals surface area contributed by atoms with Gasteiger partial charge in [-0.05, 0) is 24.6 Å². The largest absolute Gasteiger partial charge is 0.465 e. The molecular weight excluding hydrogens is 242 g/mol. The monoisotopic (exact) mass is 255 g/mol. The Morgan fingerprint density at radius 2 is 2.06 bits per heavy atom. The Bertz CT molecular complexity index is 445. The van der Waals surface area contributed by atoms with E-state index >= 15 is 0 Å². The molecule has 0 saturated carbocycles. The van der Waals surface area contributed by atoms with Crippen molar-refractivity contribution in [3.8, 4) is 0 Å². The summed E-state index contributed by atoms with van der Waals surface area (Å²) >= 11 is 6.05. The van der Waals surface area contributed by atoms with Crippen molar-refractivity contribution in [1.82, 2.24) is 5.32 Å². The molecule has 0 aliphatic carbocycles. The lowest BCUT2D eigenvalue weighted by atomic mass is 10.1. The third-order valence-electron chi connectivity index (χ3n) is 2.31. The average Bonchev–Trinajstić information content (AvgIpc) is 2.26. The second kappa shape index (κ2) is 5.68. The number of nitrogens with one attached hydrogen (secondary N) is 1. The third-order valence-corrected chi connectivity index (χ3v) is 2.64. The Balaban J connectivity index is 2.97. The van der Waals surface area contributed by atoms with Gasteiger partial charge in [-0.15, -0.1) is 0 Å². The maximum absolute atomic E-state index is 11.3. The molecule has 0 aliphatic heterocycles. The van der Waals surface area contributed by atoms with E-state index in [4.69, 9.17) is 11.6 Å². The van der Waals surface area contributed by atoms with Gasteiger partial charge in [0.2, 0.25) is 5.91 Å². The van der Waals surface area contributed by atoms with Crippen molar-refractivity contribution in [3.05, 3.63) is 34.3 Å². The van der Waals surface area contributed by atoms with Crippen molar-refractivity contribution in [2.24, 2.45) is 0 Å². The highest BCUT2D eigenvalue weighted by atomic mass is 35.5. The number of carbonyl (C=O) groups is 2. The van der Waals surface area contributed by atoms with Crippen molar-refractivity contribution < 1.29 is 14.3 Å². The lowest BCUT2D eigenvalue weighted by molar-refractivity contribution is -0.119. The zero-order chi connectivity index (χ0) is 13.0. The molecule has 4 nitrogen and oxygen atoms in total. The number of halogens is 1. The lowest BCUT2D eigenvalue weighted by Gasteiger charge is -2.14. The van der Waals surface area contributed by atoms with Gasteiger partial charge in [0.1, 0.15) is 0 Å². The highest BCUT2D eigenvalue weighted by Crippen LogP contribution is 2.24. The van der Waals surface area contributed by atoms with Crippen LogP contribution in [0.25, 0.3) is 0 Å². The summed E-state index contributed by atoms with van der Waals surface area (Å²) in [4.78, 5) is 22.2. The van der Waals surface area contributed by atoms with Crippen LogP contribution in [0, 0.1) is 0 Å². The van der Waals surface area contributed by atoms with E-state index in [0.29, 0.717) is 10.6 Å². The number of hydrogen-bond donors (Lipinski definition) is 1. The number of esters is 1. The van der Waals surface area contributed by atoms with Crippen LogP contribution < -0.4 is 5.32 Å². The Kier molecular flexibility index (Phi) is 4.52. The predicted molar refractivity (Wildman–Crippen MR) is 65.0 cm³/mol. The van der Waals surface area contributed by atoms with E-state index in [1.807, 2.05) is 6.92 Å². The maximum Gasteiger partial charge on any atom is 0.337 e. The lowest BCUT2D eigenvalue weighted by Crippen LogP contribution is -2.23. The minimum atomic E-state index is -0.439. The Hall–Kier alpha value is -1.55. The number of amides is 1. The quantitative estimate of drug-likeness (QED) is 0.844. The average molecular weight is 256 g/mol. The molecule has 92 valence electrons. The number of methoxy groups -OCH3 is 1. The van der Waals surface area contributed by atoms with Crippen LogP contribution in [-0.4, -0.2) is 19.0 Å². The summed E-state index contributed by atoms with van der Waals surface area (Å²) < 4.78 is 4.59. The molecule has 17 heavy (non-hydrogen) atoms. The molecule has 0 heterocycles. The van der Waals surface area contributed by atoms with Gasteiger partial charge in [-0.3, -0.25) is 4.79 Å². The van der Waals surface area contributed by atoms with E-state index in [2.05, 4.69) is 10.1 Å². The van der Waals surface area contributed by atoms with Crippen LogP contribution in [-0.2, 0) is 9.53 Å². The van der Waals surface area contributed by atoms with E-state index in [1.165, 1.54) is 20.1 Å². The standard InChI is InChI=1S/C12H14ClNO3/c1-7(14-8(2)15)10-5-4-9(6-11(10)13)12(16)17-3/h4-7H,1-3H3,(H,14,15)/t7-/m1/s1. The van der Waals surface area contributed by atoms with Crippen LogP contribution in [0.3, 0.4) is 0 Å².